The average Bonchev–Trinajstić information content (AvgIpc) is 3.12. The second-order valence-corrected chi connectivity index (χ2v) is 9.41. The number of nitro benzene ring substituents is 1. The lowest BCUT2D eigenvalue weighted by atomic mass is 10.1. The highest BCUT2D eigenvalue weighted by Crippen LogP contribution is 2.35. The number of nitrogens with zero attached hydrogens (tertiary/aromatic N) is 2. The summed E-state index contributed by atoms with van der Waals surface area (Å²) >= 11 is 4.10. The normalized spacial score (nSPS) is 14.3. The molecule has 0 bridgehead atoms. The number of rotatable bonds is 7. The van der Waals surface area contributed by atoms with Crippen molar-refractivity contribution in [3.8, 4) is 11.5 Å². The highest BCUT2D eigenvalue weighted by molar-refractivity contribution is 9.10. The lowest BCUT2D eigenvalue weighted by Crippen LogP contribution is -2.27. The summed E-state index contributed by atoms with van der Waals surface area (Å²) in [6.07, 6.45) is 1.54. The first-order valence-electron chi connectivity index (χ1n) is 10.4. The van der Waals surface area contributed by atoms with Crippen molar-refractivity contribution in [1.29, 1.82) is 0 Å². The van der Waals surface area contributed by atoms with Crippen LogP contribution < -0.4 is 9.47 Å². The van der Waals surface area contributed by atoms with E-state index < -0.39 is 22.0 Å². The van der Waals surface area contributed by atoms with Gasteiger partial charge in [-0.1, -0.05) is 40.2 Å². The molecule has 182 valence electrons. The fourth-order valence-corrected chi connectivity index (χ4v) is 4.56. The summed E-state index contributed by atoms with van der Waals surface area (Å²) in [6, 6.07) is 17.2. The third-order valence-corrected chi connectivity index (χ3v) is 6.51. The SMILES string of the molecule is COc1cc(/C=C2\SC(=O)N(Cc3ccc([N+](=O)[O-])cc3)C2=O)ccc1OC(=O)c1cccc(Br)c1. The first kappa shape index (κ1) is 25.1. The Morgan fingerprint density at radius 3 is 2.50 bits per heavy atom. The largest absolute Gasteiger partial charge is 0.493 e. The minimum Gasteiger partial charge on any atom is -0.493 e. The standard InChI is InChI=1S/C25H17BrN2O7S/c1-34-21-11-16(7-10-20(21)35-24(30)17-3-2-4-18(26)13-17)12-22-23(29)27(25(31)36-22)14-15-5-8-19(9-6-15)28(32)33/h2-13H,14H2,1H3/b22-12-. The topological polar surface area (TPSA) is 116 Å². The van der Waals surface area contributed by atoms with Crippen LogP contribution in [0.25, 0.3) is 6.08 Å². The Morgan fingerprint density at radius 1 is 1.08 bits per heavy atom. The number of non-ortho nitro benzene ring substituents is 1. The fourth-order valence-electron chi connectivity index (χ4n) is 3.33. The van der Waals surface area contributed by atoms with Crippen LogP contribution in [0.1, 0.15) is 21.5 Å². The molecule has 11 heteroatoms. The Hall–Kier alpha value is -3.96. The number of thioether (sulfide) groups is 1. The maximum Gasteiger partial charge on any atom is 0.343 e. The van der Waals surface area contributed by atoms with Crippen molar-refractivity contribution in [2.75, 3.05) is 7.11 Å². The molecule has 4 rings (SSSR count). The van der Waals surface area contributed by atoms with Gasteiger partial charge >= 0.3 is 5.97 Å². The van der Waals surface area contributed by atoms with Gasteiger partial charge in [-0.3, -0.25) is 24.6 Å². The number of amides is 2. The number of halogens is 1. The van der Waals surface area contributed by atoms with Gasteiger partial charge in [0.1, 0.15) is 0 Å². The van der Waals surface area contributed by atoms with Gasteiger partial charge in [-0.2, -0.15) is 0 Å². The van der Waals surface area contributed by atoms with Crippen molar-refractivity contribution in [2.45, 2.75) is 6.54 Å². The highest BCUT2D eigenvalue weighted by atomic mass is 79.9. The van der Waals surface area contributed by atoms with Crippen LogP contribution in [0.2, 0.25) is 0 Å². The monoisotopic (exact) mass is 568 g/mol. The molecule has 0 unspecified atom stereocenters. The van der Waals surface area contributed by atoms with Crippen molar-refractivity contribution in [3.63, 3.8) is 0 Å². The van der Waals surface area contributed by atoms with Crippen LogP contribution in [0.15, 0.2) is 76.1 Å². The van der Waals surface area contributed by atoms with Gasteiger partial charge < -0.3 is 9.47 Å². The minimum absolute atomic E-state index is 0.00614. The summed E-state index contributed by atoms with van der Waals surface area (Å²) in [7, 11) is 1.42. The van der Waals surface area contributed by atoms with Gasteiger partial charge in [0, 0.05) is 16.6 Å². The van der Waals surface area contributed by atoms with E-state index in [1.807, 2.05) is 0 Å². The molecular weight excluding hydrogens is 552 g/mol. The molecule has 2 amide bonds. The molecule has 1 fully saturated rings. The minimum atomic E-state index is -0.560. The molecule has 0 radical (unpaired) electrons. The van der Waals surface area contributed by atoms with Gasteiger partial charge in [0.15, 0.2) is 11.5 Å². The van der Waals surface area contributed by atoms with E-state index >= 15 is 0 Å². The van der Waals surface area contributed by atoms with Gasteiger partial charge in [0.2, 0.25) is 0 Å². The van der Waals surface area contributed by atoms with Crippen molar-refractivity contribution in [2.24, 2.45) is 0 Å². The molecule has 1 saturated heterocycles. The third kappa shape index (κ3) is 5.64. The van der Waals surface area contributed by atoms with E-state index in [0.29, 0.717) is 16.7 Å². The summed E-state index contributed by atoms with van der Waals surface area (Å²) < 4.78 is 11.6. The zero-order chi connectivity index (χ0) is 25.8. The van der Waals surface area contributed by atoms with Crippen molar-refractivity contribution >= 4 is 56.6 Å². The van der Waals surface area contributed by atoms with Gasteiger partial charge in [-0.15, -0.1) is 0 Å². The molecule has 3 aromatic rings. The summed E-state index contributed by atoms with van der Waals surface area (Å²) in [5.41, 5.74) is 1.43. The van der Waals surface area contributed by atoms with Gasteiger partial charge in [-0.25, -0.2) is 4.79 Å². The van der Waals surface area contributed by atoms with E-state index in [4.69, 9.17) is 9.47 Å². The number of esters is 1. The molecule has 9 nitrogen and oxygen atoms in total. The molecule has 1 heterocycles. The number of nitro groups is 1. The van der Waals surface area contributed by atoms with Crippen LogP contribution >= 0.6 is 27.7 Å². The average molecular weight is 569 g/mol. The lowest BCUT2D eigenvalue weighted by molar-refractivity contribution is -0.384. The van der Waals surface area contributed by atoms with Crippen LogP contribution in [0.3, 0.4) is 0 Å². The number of carbonyl (C=O) groups excluding carboxylic acids is 3. The second kappa shape index (κ2) is 10.8. The Labute approximate surface area is 218 Å². The van der Waals surface area contributed by atoms with Gasteiger partial charge in [0.05, 0.1) is 29.0 Å². The Morgan fingerprint density at radius 2 is 1.83 bits per heavy atom. The number of methoxy groups -OCH3 is 1. The molecule has 3 aromatic carbocycles. The number of carbonyl (C=O) groups is 3. The van der Waals surface area contributed by atoms with E-state index in [1.54, 1.807) is 48.5 Å². The zero-order valence-electron chi connectivity index (χ0n) is 18.7. The van der Waals surface area contributed by atoms with Crippen molar-refractivity contribution < 1.29 is 28.8 Å². The first-order chi connectivity index (χ1) is 17.2. The predicted octanol–water partition coefficient (Wildman–Crippen LogP) is 5.82. The Balaban J connectivity index is 1.50. The van der Waals surface area contributed by atoms with E-state index in [1.165, 1.54) is 31.4 Å². The summed E-state index contributed by atoms with van der Waals surface area (Å²) in [4.78, 5) is 49.4. The van der Waals surface area contributed by atoms with Gasteiger partial charge in [-0.05, 0) is 59.3 Å². The molecule has 0 aliphatic carbocycles. The maximum atomic E-state index is 12.9. The molecule has 0 saturated carbocycles. The van der Waals surface area contributed by atoms with Crippen LogP contribution in [0.5, 0.6) is 11.5 Å². The number of benzene rings is 3. The zero-order valence-corrected chi connectivity index (χ0v) is 21.1. The van der Waals surface area contributed by atoms with E-state index in [2.05, 4.69) is 15.9 Å². The molecule has 1 aliphatic heterocycles. The third-order valence-electron chi connectivity index (χ3n) is 5.11. The fraction of sp³-hybridized carbons (Fsp3) is 0.0800. The quantitative estimate of drug-likeness (QED) is 0.115. The molecule has 36 heavy (non-hydrogen) atoms. The predicted molar refractivity (Wildman–Crippen MR) is 137 cm³/mol. The smallest absolute Gasteiger partial charge is 0.343 e. The van der Waals surface area contributed by atoms with Crippen LogP contribution in [-0.4, -0.2) is 34.0 Å². The van der Waals surface area contributed by atoms with E-state index in [-0.39, 0.29) is 28.6 Å². The number of hydrogen-bond acceptors (Lipinski definition) is 8. The number of imide groups is 1. The summed E-state index contributed by atoms with van der Waals surface area (Å²) in [5, 5.41) is 10.4. The van der Waals surface area contributed by atoms with Crippen molar-refractivity contribution in [3.05, 3.63) is 103 Å². The molecule has 0 atom stereocenters. The van der Waals surface area contributed by atoms with Crippen LogP contribution in [0, 0.1) is 10.1 Å². The highest BCUT2D eigenvalue weighted by Gasteiger charge is 2.35. The maximum absolute atomic E-state index is 12.9. The Kier molecular flexibility index (Phi) is 7.51. The van der Waals surface area contributed by atoms with Crippen molar-refractivity contribution in [1.82, 2.24) is 4.90 Å². The van der Waals surface area contributed by atoms with E-state index in [0.717, 1.165) is 21.1 Å². The summed E-state index contributed by atoms with van der Waals surface area (Å²) in [5.74, 6) is -0.565. The Bertz CT molecular complexity index is 1410. The second-order valence-electron chi connectivity index (χ2n) is 7.50. The summed E-state index contributed by atoms with van der Waals surface area (Å²) in [6.45, 7) is -0.00614. The molecule has 0 N–H and O–H groups in total. The molecular formula is C25H17BrN2O7S. The van der Waals surface area contributed by atoms with Crippen LogP contribution in [0.4, 0.5) is 10.5 Å². The number of hydrogen-bond donors (Lipinski definition) is 0. The van der Waals surface area contributed by atoms with Gasteiger partial charge in [0.25, 0.3) is 16.8 Å². The molecule has 0 aromatic heterocycles. The van der Waals surface area contributed by atoms with E-state index in [9.17, 15) is 24.5 Å². The van der Waals surface area contributed by atoms with Crippen LogP contribution in [-0.2, 0) is 11.3 Å². The lowest BCUT2D eigenvalue weighted by Gasteiger charge is -2.12. The first-order valence-corrected chi connectivity index (χ1v) is 12.0. The molecule has 1 aliphatic rings. The number of ether oxygens (including phenoxy) is 2. The molecule has 0 spiro atoms.